The van der Waals surface area contributed by atoms with E-state index in [1.807, 2.05) is 0 Å². The molecule has 0 radical (unpaired) electrons. The van der Waals surface area contributed by atoms with E-state index in [1.54, 1.807) is 0 Å². The predicted molar refractivity (Wildman–Crippen MR) is 161 cm³/mol. The maximum absolute atomic E-state index is 3.84. The van der Waals surface area contributed by atoms with Crippen molar-refractivity contribution >= 4 is 0 Å². The second kappa shape index (κ2) is 16.7. The Morgan fingerprint density at radius 3 is 0.459 bits per heavy atom. The molecule has 0 nitrogen and oxygen atoms in total. The van der Waals surface area contributed by atoms with Crippen molar-refractivity contribution in [3.8, 4) is 0 Å². The van der Waals surface area contributed by atoms with E-state index in [0.29, 0.717) is 0 Å². The standard InChI is InChI=1S/4C9H11.Ti/c4*1-7-4-8(2)6-9(3)5-7;/h4*4-6H,1H2,2-3H3;/q4*-1;+4. The van der Waals surface area contributed by atoms with Crippen LogP contribution in [0.1, 0.15) is 66.8 Å². The summed E-state index contributed by atoms with van der Waals surface area (Å²) < 4.78 is 0. The van der Waals surface area contributed by atoms with Gasteiger partial charge in [0, 0.05) is 0 Å². The minimum Gasteiger partial charge on any atom is -0.199 e. The summed E-state index contributed by atoms with van der Waals surface area (Å²) in [5, 5.41) is 0. The molecule has 4 aromatic carbocycles. The first-order valence-corrected chi connectivity index (χ1v) is 12.3. The molecule has 4 aromatic rings. The summed E-state index contributed by atoms with van der Waals surface area (Å²) in [5.74, 6) is 0. The van der Waals surface area contributed by atoms with E-state index in [2.05, 4.69) is 156 Å². The van der Waals surface area contributed by atoms with Crippen LogP contribution in [-0.4, -0.2) is 0 Å². The molecule has 0 atom stereocenters. The molecule has 0 amide bonds. The average molecular weight is 525 g/mol. The minimum atomic E-state index is 0. The van der Waals surface area contributed by atoms with Crippen molar-refractivity contribution in [2.75, 3.05) is 0 Å². The number of rotatable bonds is 0. The Labute approximate surface area is 243 Å². The van der Waals surface area contributed by atoms with Crippen LogP contribution in [0.4, 0.5) is 0 Å². The van der Waals surface area contributed by atoms with Crippen LogP contribution in [-0.2, 0) is 21.7 Å². The van der Waals surface area contributed by atoms with Crippen molar-refractivity contribution in [3.63, 3.8) is 0 Å². The van der Waals surface area contributed by atoms with Crippen LogP contribution in [0.5, 0.6) is 0 Å². The average Bonchev–Trinajstić information content (AvgIpc) is 2.64. The molecule has 0 aromatic heterocycles. The van der Waals surface area contributed by atoms with E-state index < -0.39 is 0 Å². The summed E-state index contributed by atoms with van der Waals surface area (Å²) in [6.45, 7) is 32.0. The van der Waals surface area contributed by atoms with Crippen molar-refractivity contribution in [1.29, 1.82) is 0 Å². The van der Waals surface area contributed by atoms with Crippen LogP contribution in [0.25, 0.3) is 0 Å². The van der Waals surface area contributed by atoms with Gasteiger partial charge in [0.15, 0.2) is 0 Å². The van der Waals surface area contributed by atoms with Gasteiger partial charge in [-0.1, -0.05) is 79.7 Å². The fraction of sp³-hybridized carbons (Fsp3) is 0.222. The zero-order valence-electron chi connectivity index (χ0n) is 24.3. The fourth-order valence-corrected chi connectivity index (χ4v) is 4.28. The van der Waals surface area contributed by atoms with Gasteiger partial charge in [0.2, 0.25) is 0 Å². The molecular formula is C36H44Ti. The first-order chi connectivity index (χ1) is 16.7. The number of aryl methyl sites for hydroxylation is 8. The van der Waals surface area contributed by atoms with Gasteiger partial charge in [0.25, 0.3) is 0 Å². The Kier molecular flexibility index (Phi) is 15.4. The fourth-order valence-electron chi connectivity index (χ4n) is 4.28. The minimum absolute atomic E-state index is 0. The maximum atomic E-state index is 3.84. The first-order valence-electron chi connectivity index (χ1n) is 12.3. The molecule has 0 aliphatic carbocycles. The van der Waals surface area contributed by atoms with E-state index in [0.717, 1.165) is 22.3 Å². The number of hydrogen-bond donors (Lipinski definition) is 0. The third kappa shape index (κ3) is 15.7. The summed E-state index contributed by atoms with van der Waals surface area (Å²) in [4.78, 5) is 0. The molecule has 0 N–H and O–H groups in total. The molecule has 37 heavy (non-hydrogen) atoms. The van der Waals surface area contributed by atoms with Crippen LogP contribution in [0.3, 0.4) is 0 Å². The monoisotopic (exact) mass is 524 g/mol. The Bertz CT molecular complexity index is 848. The van der Waals surface area contributed by atoms with Gasteiger partial charge in [-0.2, -0.15) is 98.5 Å². The molecule has 0 bridgehead atoms. The molecular weight excluding hydrogens is 480 g/mol. The van der Waals surface area contributed by atoms with E-state index >= 15 is 0 Å². The van der Waals surface area contributed by atoms with Gasteiger partial charge in [0.1, 0.15) is 0 Å². The van der Waals surface area contributed by atoms with Gasteiger partial charge in [0.05, 0.1) is 0 Å². The van der Waals surface area contributed by atoms with Crippen LogP contribution in [0.2, 0.25) is 0 Å². The van der Waals surface area contributed by atoms with Crippen LogP contribution < -0.4 is 0 Å². The van der Waals surface area contributed by atoms with Gasteiger partial charge in [-0.15, -0.1) is 44.5 Å². The van der Waals surface area contributed by atoms with E-state index in [1.165, 1.54) is 44.5 Å². The SMILES string of the molecule is [CH2-]c1cc(C)cc(C)c1.[CH2-]c1cc(C)cc(C)c1.[CH2-]c1cc(C)cc(C)c1.[CH2-]c1cc(C)cc(C)c1.[Ti+4]. The molecule has 0 aliphatic rings. The molecule has 0 aliphatic heterocycles. The van der Waals surface area contributed by atoms with Crippen molar-refractivity contribution in [1.82, 2.24) is 0 Å². The van der Waals surface area contributed by atoms with Crippen molar-refractivity contribution in [2.24, 2.45) is 0 Å². The molecule has 4 rings (SSSR count). The Morgan fingerprint density at radius 1 is 0.270 bits per heavy atom. The quantitative estimate of drug-likeness (QED) is 0.159. The van der Waals surface area contributed by atoms with Crippen molar-refractivity contribution < 1.29 is 21.7 Å². The van der Waals surface area contributed by atoms with Crippen molar-refractivity contribution in [2.45, 2.75) is 55.4 Å². The summed E-state index contributed by atoms with van der Waals surface area (Å²) >= 11 is 0. The smallest absolute Gasteiger partial charge is 0.199 e. The molecule has 0 unspecified atom stereocenters. The topological polar surface area (TPSA) is 0 Å². The second-order valence-corrected chi connectivity index (χ2v) is 9.98. The Balaban J connectivity index is 0.000000463. The van der Waals surface area contributed by atoms with Crippen molar-refractivity contribution in [3.05, 3.63) is 167 Å². The molecule has 0 spiro atoms. The predicted octanol–water partition coefficient (Wildman–Crippen LogP) is 9.94. The molecule has 0 saturated carbocycles. The first kappa shape index (κ1) is 34.1. The van der Waals surface area contributed by atoms with Crippen LogP contribution >= 0.6 is 0 Å². The maximum Gasteiger partial charge on any atom is 4.00 e. The molecule has 1 heteroatoms. The van der Waals surface area contributed by atoms with Gasteiger partial charge in [-0.05, 0) is 0 Å². The summed E-state index contributed by atoms with van der Waals surface area (Å²) in [7, 11) is 0. The van der Waals surface area contributed by atoms with Gasteiger partial charge >= 0.3 is 21.7 Å². The number of hydrogen-bond acceptors (Lipinski definition) is 0. The van der Waals surface area contributed by atoms with Crippen LogP contribution in [0, 0.1) is 83.1 Å². The zero-order valence-corrected chi connectivity index (χ0v) is 25.8. The zero-order chi connectivity index (χ0) is 27.4. The third-order valence-electron chi connectivity index (χ3n) is 5.13. The van der Waals surface area contributed by atoms with E-state index in [-0.39, 0.29) is 21.7 Å². The largest absolute Gasteiger partial charge is 4.00 e. The summed E-state index contributed by atoms with van der Waals surface area (Å²) in [6, 6.07) is 25.2. The Hall–Kier alpha value is -2.93. The molecule has 0 fully saturated rings. The summed E-state index contributed by atoms with van der Waals surface area (Å²) in [5.41, 5.74) is 14.8. The van der Waals surface area contributed by atoms with Gasteiger partial charge in [-0.25, -0.2) is 0 Å². The second-order valence-electron chi connectivity index (χ2n) is 9.98. The summed E-state index contributed by atoms with van der Waals surface area (Å²) in [6.07, 6.45) is 0. The molecule has 192 valence electrons. The van der Waals surface area contributed by atoms with Gasteiger partial charge < -0.3 is 0 Å². The third-order valence-corrected chi connectivity index (χ3v) is 5.13. The Morgan fingerprint density at radius 2 is 0.378 bits per heavy atom. The van der Waals surface area contributed by atoms with Gasteiger partial charge in [-0.3, -0.25) is 0 Å². The molecule has 0 saturated heterocycles. The normalized spacial score (nSPS) is 9.30. The number of benzene rings is 4. The van der Waals surface area contributed by atoms with Crippen LogP contribution in [0.15, 0.2) is 72.8 Å². The van der Waals surface area contributed by atoms with E-state index in [4.69, 9.17) is 0 Å². The molecule has 0 heterocycles. The van der Waals surface area contributed by atoms with E-state index in [9.17, 15) is 0 Å².